The Hall–Kier alpha value is -2.66. The number of hydrogen-bond acceptors (Lipinski definition) is 4. The SMILES string of the molecule is CCCC(=O)N1N=C(c2ccco2)C[C@@H]1c1cc2cccc(C)c2nc1Cl. The highest BCUT2D eigenvalue weighted by atomic mass is 35.5. The zero-order valence-electron chi connectivity index (χ0n) is 15.3. The standard InChI is InChI=1S/C21H20ClN3O2/c1-3-6-19(26)25-17(12-16(24-25)18-9-5-10-27-18)15-11-14-8-4-7-13(2)20(14)23-21(15)22/h4-5,7-11,17H,3,6,12H2,1-2H3/t17-/m1/s1. The molecule has 1 amide bonds. The van der Waals surface area contributed by atoms with Gasteiger partial charge in [-0.15, -0.1) is 0 Å². The van der Waals surface area contributed by atoms with Gasteiger partial charge in [0.15, 0.2) is 0 Å². The highest BCUT2D eigenvalue weighted by molar-refractivity contribution is 6.30. The maximum atomic E-state index is 12.7. The van der Waals surface area contributed by atoms with Crippen molar-refractivity contribution < 1.29 is 9.21 Å². The van der Waals surface area contributed by atoms with E-state index in [1.54, 1.807) is 11.3 Å². The number of nitrogens with zero attached hydrogens (tertiary/aromatic N) is 3. The number of fused-ring (bicyclic) bond motifs is 1. The van der Waals surface area contributed by atoms with Crippen LogP contribution in [0.2, 0.25) is 5.15 Å². The predicted molar refractivity (Wildman–Crippen MR) is 106 cm³/mol. The van der Waals surface area contributed by atoms with Crippen molar-refractivity contribution >= 4 is 34.1 Å². The quantitative estimate of drug-likeness (QED) is 0.578. The summed E-state index contributed by atoms with van der Waals surface area (Å²) in [6, 6.07) is 11.4. The first kappa shape index (κ1) is 17.7. The van der Waals surface area contributed by atoms with Crippen LogP contribution in [0.1, 0.15) is 49.1 Å². The molecule has 0 unspecified atom stereocenters. The molecule has 0 saturated heterocycles. The summed E-state index contributed by atoms with van der Waals surface area (Å²) in [6.45, 7) is 3.99. The van der Waals surface area contributed by atoms with E-state index in [4.69, 9.17) is 16.0 Å². The summed E-state index contributed by atoms with van der Waals surface area (Å²) in [5, 5.41) is 7.53. The monoisotopic (exact) mass is 381 g/mol. The van der Waals surface area contributed by atoms with Crippen molar-refractivity contribution in [2.45, 2.75) is 39.2 Å². The van der Waals surface area contributed by atoms with E-state index < -0.39 is 0 Å². The van der Waals surface area contributed by atoms with Crippen LogP contribution in [0, 0.1) is 6.92 Å². The molecular formula is C21H20ClN3O2. The molecule has 27 heavy (non-hydrogen) atoms. The van der Waals surface area contributed by atoms with Crippen LogP contribution in [0.25, 0.3) is 10.9 Å². The molecule has 0 radical (unpaired) electrons. The predicted octanol–water partition coefficient (Wildman–Crippen LogP) is 5.27. The molecule has 0 saturated carbocycles. The third-order valence-electron chi connectivity index (χ3n) is 4.82. The Labute approximate surface area is 162 Å². The molecule has 0 bridgehead atoms. The molecule has 5 nitrogen and oxygen atoms in total. The number of rotatable bonds is 4. The van der Waals surface area contributed by atoms with Crippen LogP contribution in [0.5, 0.6) is 0 Å². The number of hydrazone groups is 1. The number of para-hydroxylation sites is 1. The van der Waals surface area contributed by atoms with Gasteiger partial charge >= 0.3 is 0 Å². The van der Waals surface area contributed by atoms with Crippen LogP contribution in [0.4, 0.5) is 0 Å². The number of furan rings is 1. The molecule has 0 N–H and O–H groups in total. The van der Waals surface area contributed by atoms with E-state index in [0.29, 0.717) is 23.8 Å². The normalized spacial score (nSPS) is 16.8. The van der Waals surface area contributed by atoms with Crippen LogP contribution in [-0.4, -0.2) is 21.6 Å². The lowest BCUT2D eigenvalue weighted by Crippen LogP contribution is -2.27. The largest absolute Gasteiger partial charge is 0.463 e. The average Bonchev–Trinajstić information content (AvgIpc) is 3.32. The number of benzene rings is 1. The molecule has 1 aromatic carbocycles. The Balaban J connectivity index is 1.78. The first-order valence-electron chi connectivity index (χ1n) is 9.07. The van der Waals surface area contributed by atoms with Crippen molar-refractivity contribution in [2.24, 2.45) is 5.10 Å². The maximum Gasteiger partial charge on any atom is 0.243 e. The van der Waals surface area contributed by atoms with E-state index >= 15 is 0 Å². The summed E-state index contributed by atoms with van der Waals surface area (Å²) in [4.78, 5) is 17.3. The fourth-order valence-electron chi connectivity index (χ4n) is 3.48. The number of hydrogen-bond donors (Lipinski definition) is 0. The van der Waals surface area contributed by atoms with Crippen molar-refractivity contribution in [3.05, 3.63) is 64.7 Å². The molecule has 1 aliphatic heterocycles. The van der Waals surface area contributed by atoms with Gasteiger partial charge in [0, 0.05) is 23.8 Å². The summed E-state index contributed by atoms with van der Waals surface area (Å²) in [5.41, 5.74) is 3.50. The van der Waals surface area contributed by atoms with E-state index in [2.05, 4.69) is 10.1 Å². The average molecular weight is 382 g/mol. The molecular weight excluding hydrogens is 362 g/mol. The smallest absolute Gasteiger partial charge is 0.243 e. The highest BCUT2D eigenvalue weighted by Gasteiger charge is 2.35. The van der Waals surface area contributed by atoms with Crippen molar-refractivity contribution in [2.75, 3.05) is 0 Å². The number of amides is 1. The van der Waals surface area contributed by atoms with E-state index in [9.17, 15) is 4.79 Å². The molecule has 6 heteroatoms. The van der Waals surface area contributed by atoms with Gasteiger partial charge in [0.1, 0.15) is 16.6 Å². The summed E-state index contributed by atoms with van der Waals surface area (Å²) in [7, 11) is 0. The Morgan fingerprint density at radius 3 is 2.93 bits per heavy atom. The van der Waals surface area contributed by atoms with Crippen LogP contribution in [0.3, 0.4) is 0 Å². The number of halogens is 1. The summed E-state index contributed by atoms with van der Waals surface area (Å²) in [6.07, 6.45) is 3.35. The van der Waals surface area contributed by atoms with Crippen molar-refractivity contribution in [1.29, 1.82) is 0 Å². The minimum atomic E-state index is -0.283. The highest BCUT2D eigenvalue weighted by Crippen LogP contribution is 2.38. The molecule has 0 spiro atoms. The fourth-order valence-corrected chi connectivity index (χ4v) is 3.74. The Kier molecular flexibility index (Phi) is 4.70. The van der Waals surface area contributed by atoms with Gasteiger partial charge in [0.2, 0.25) is 5.91 Å². The lowest BCUT2D eigenvalue weighted by molar-refractivity contribution is -0.133. The van der Waals surface area contributed by atoms with Crippen molar-refractivity contribution in [1.82, 2.24) is 9.99 Å². The van der Waals surface area contributed by atoms with Crippen LogP contribution < -0.4 is 0 Å². The zero-order chi connectivity index (χ0) is 19.0. The second kappa shape index (κ2) is 7.16. The minimum Gasteiger partial charge on any atom is -0.463 e. The summed E-state index contributed by atoms with van der Waals surface area (Å²) < 4.78 is 5.49. The summed E-state index contributed by atoms with van der Waals surface area (Å²) in [5.74, 6) is 0.650. The van der Waals surface area contributed by atoms with Gasteiger partial charge in [-0.05, 0) is 37.1 Å². The molecule has 2 aromatic heterocycles. The van der Waals surface area contributed by atoms with Crippen molar-refractivity contribution in [3.8, 4) is 0 Å². The lowest BCUT2D eigenvalue weighted by atomic mass is 9.99. The Bertz CT molecular complexity index is 1030. The van der Waals surface area contributed by atoms with Gasteiger partial charge < -0.3 is 4.42 Å². The molecule has 1 aliphatic rings. The van der Waals surface area contributed by atoms with Gasteiger partial charge in [0.25, 0.3) is 0 Å². The number of aryl methyl sites for hydroxylation is 1. The van der Waals surface area contributed by atoms with Crippen LogP contribution in [-0.2, 0) is 4.79 Å². The maximum absolute atomic E-state index is 12.7. The Morgan fingerprint density at radius 2 is 2.19 bits per heavy atom. The molecule has 0 fully saturated rings. The number of aromatic nitrogens is 1. The molecule has 138 valence electrons. The van der Waals surface area contributed by atoms with E-state index in [-0.39, 0.29) is 11.9 Å². The van der Waals surface area contributed by atoms with Crippen molar-refractivity contribution in [3.63, 3.8) is 0 Å². The first-order chi connectivity index (χ1) is 13.1. The first-order valence-corrected chi connectivity index (χ1v) is 9.45. The fraction of sp³-hybridized carbons (Fsp3) is 0.286. The third-order valence-corrected chi connectivity index (χ3v) is 5.13. The topological polar surface area (TPSA) is 58.7 Å². The molecule has 1 atom stereocenters. The third kappa shape index (κ3) is 3.23. The van der Waals surface area contributed by atoms with E-state index in [1.165, 1.54) is 0 Å². The van der Waals surface area contributed by atoms with Gasteiger partial charge in [0.05, 0.1) is 17.8 Å². The van der Waals surface area contributed by atoms with E-state index in [0.717, 1.165) is 34.2 Å². The summed E-state index contributed by atoms with van der Waals surface area (Å²) >= 11 is 6.55. The minimum absolute atomic E-state index is 0.0236. The second-order valence-electron chi connectivity index (χ2n) is 6.75. The van der Waals surface area contributed by atoms with Crippen LogP contribution in [0.15, 0.2) is 52.2 Å². The van der Waals surface area contributed by atoms with Gasteiger partial charge in [-0.1, -0.05) is 36.7 Å². The number of carbonyl (C=O) groups excluding carboxylic acids is 1. The Morgan fingerprint density at radius 1 is 1.33 bits per heavy atom. The van der Waals surface area contributed by atoms with Crippen LogP contribution >= 0.6 is 11.6 Å². The molecule has 3 heterocycles. The molecule has 4 rings (SSSR count). The van der Waals surface area contributed by atoms with Gasteiger partial charge in [-0.2, -0.15) is 5.10 Å². The number of carbonyl (C=O) groups is 1. The lowest BCUT2D eigenvalue weighted by Gasteiger charge is -2.23. The molecule has 3 aromatic rings. The van der Waals surface area contributed by atoms with Gasteiger partial charge in [-0.25, -0.2) is 9.99 Å². The van der Waals surface area contributed by atoms with Gasteiger partial charge in [-0.3, -0.25) is 4.79 Å². The zero-order valence-corrected chi connectivity index (χ0v) is 16.0. The second-order valence-corrected chi connectivity index (χ2v) is 7.11. The van der Waals surface area contributed by atoms with E-state index in [1.807, 2.05) is 50.2 Å². The molecule has 0 aliphatic carbocycles. The number of pyridine rings is 1.